The molecule has 0 saturated carbocycles. The van der Waals surface area contributed by atoms with Crippen LogP contribution in [0.15, 0.2) is 81.3 Å². The van der Waals surface area contributed by atoms with Crippen LogP contribution in [-0.2, 0) is 41.8 Å². The maximum Gasteiger partial charge on any atom is 0.336 e. The van der Waals surface area contributed by atoms with Crippen LogP contribution in [0.2, 0.25) is 0 Å². The molecule has 7 aromatic rings. The van der Waals surface area contributed by atoms with Gasteiger partial charge in [0.1, 0.15) is 11.2 Å². The lowest BCUT2D eigenvalue weighted by Crippen LogP contribution is -2.35. The third-order valence-electron chi connectivity index (χ3n) is 15.3. The number of carboxylic acids is 2. The molecule has 0 fully saturated rings. The molecule has 1 aliphatic heterocycles. The largest absolute Gasteiger partial charge is 0.486 e. The summed E-state index contributed by atoms with van der Waals surface area (Å²) in [6, 6.07) is 26.0. The van der Waals surface area contributed by atoms with Gasteiger partial charge in [0.2, 0.25) is 0 Å². The van der Waals surface area contributed by atoms with E-state index in [4.69, 9.17) is 6.57 Å². The number of fused-ring (bicyclic) bond motifs is 2. The quantitative estimate of drug-likeness (QED) is 0.0312. The Morgan fingerprint density at radius 1 is 0.543 bits per heavy atom. The summed E-state index contributed by atoms with van der Waals surface area (Å²) in [5.41, 5.74) is 8.04. The first-order valence-corrected chi connectivity index (χ1v) is 34.9. The average molecular weight is 1200 g/mol. The topological polar surface area (TPSA) is 104 Å². The van der Waals surface area contributed by atoms with Crippen LogP contribution < -0.4 is 19.7 Å². The monoisotopic (exact) mass is 1200 g/mol. The van der Waals surface area contributed by atoms with Crippen LogP contribution in [-0.4, -0.2) is 33.3 Å². The molecule has 6 heterocycles. The molecule has 14 heteroatoms. The molecule has 0 spiro atoms. The number of aromatic nitrogens is 1. The Labute approximate surface area is 505 Å². The van der Waals surface area contributed by atoms with Gasteiger partial charge in [-0.1, -0.05) is 161 Å². The van der Waals surface area contributed by atoms with E-state index in [0.29, 0.717) is 0 Å². The molecule has 81 heavy (non-hydrogen) atoms. The molecule has 0 aliphatic carbocycles. The van der Waals surface area contributed by atoms with Crippen molar-refractivity contribution in [3.63, 3.8) is 0 Å². The molecule has 0 bridgehead atoms. The van der Waals surface area contributed by atoms with E-state index in [-0.39, 0.29) is 9.20 Å². The van der Waals surface area contributed by atoms with Crippen LogP contribution in [0.4, 0.5) is 11.4 Å². The van der Waals surface area contributed by atoms with Crippen molar-refractivity contribution in [3.8, 4) is 39.7 Å². The zero-order chi connectivity index (χ0) is 57.3. The van der Waals surface area contributed by atoms with Crippen molar-refractivity contribution in [1.29, 1.82) is 0 Å². The summed E-state index contributed by atoms with van der Waals surface area (Å²) in [7, 11) is 0. The van der Waals surface area contributed by atoms with Crippen LogP contribution in [0.1, 0.15) is 190 Å². The lowest BCUT2D eigenvalue weighted by Gasteiger charge is -2.33. The molecule has 5 aromatic heterocycles. The molecule has 1 aliphatic rings. The number of rotatable bonds is 33. The third-order valence-corrected chi connectivity index (χ3v) is 22.7. The van der Waals surface area contributed by atoms with Gasteiger partial charge in [0, 0.05) is 55.4 Å². The summed E-state index contributed by atoms with van der Waals surface area (Å²) in [6.07, 6.45) is 29.2. The number of thiazole rings is 1. The van der Waals surface area contributed by atoms with E-state index in [1.807, 2.05) is 51.8 Å². The van der Waals surface area contributed by atoms with Crippen molar-refractivity contribution < 1.29 is 19.8 Å². The number of aryl methyl sites for hydroxylation is 4. The Morgan fingerprint density at radius 2 is 1.02 bits per heavy atom. The number of nitrogens with zero attached hydrogens (tertiary/aromatic N) is 3. The van der Waals surface area contributed by atoms with E-state index < -0.39 is 29.7 Å². The van der Waals surface area contributed by atoms with Crippen LogP contribution in [0.3, 0.4) is 0 Å². The smallest absolute Gasteiger partial charge is 0.336 e. The van der Waals surface area contributed by atoms with Gasteiger partial charge >= 0.3 is 17.6 Å². The van der Waals surface area contributed by atoms with E-state index in [2.05, 4.69) is 111 Å². The lowest BCUT2D eigenvalue weighted by atomic mass is 10.0. The number of thiophene rings is 4. The number of unbranched alkanes of at least 4 members (excludes halogenated alkanes) is 15. The molecule has 430 valence electrons. The highest BCUT2D eigenvalue weighted by atomic mass is 32.2. The zero-order valence-electron chi connectivity index (χ0n) is 48.2. The minimum Gasteiger partial charge on any atom is -0.486 e. The number of hydrogen-bond donors (Lipinski definition) is 2. The summed E-state index contributed by atoms with van der Waals surface area (Å²) < 4.78 is 0.995. The minimum absolute atomic E-state index is 0.151. The number of para-hydroxylation sites is 1. The molecule has 8 rings (SSSR count). The normalized spacial score (nSPS) is 12.7. The van der Waals surface area contributed by atoms with E-state index in [1.165, 1.54) is 150 Å². The third kappa shape index (κ3) is 15.8. The van der Waals surface area contributed by atoms with Gasteiger partial charge in [-0.2, -0.15) is 0 Å². The summed E-state index contributed by atoms with van der Waals surface area (Å²) in [4.78, 5) is 56.7. The fourth-order valence-electron chi connectivity index (χ4n) is 10.9. The summed E-state index contributed by atoms with van der Waals surface area (Å²) in [6.45, 7) is 19.2. The van der Waals surface area contributed by atoms with Gasteiger partial charge in [0.15, 0.2) is 0 Å². The number of hydrogen-bond acceptors (Lipinski definition) is 10. The van der Waals surface area contributed by atoms with E-state index >= 15 is 0 Å². The minimum atomic E-state index is -1.49. The first-order valence-electron chi connectivity index (χ1n) is 30.0. The number of aliphatic carboxylic acids is 2. The Bertz CT molecular complexity index is 3470. The highest BCUT2D eigenvalue weighted by molar-refractivity contribution is 7.99. The predicted molar refractivity (Wildman–Crippen MR) is 349 cm³/mol. The van der Waals surface area contributed by atoms with Crippen LogP contribution in [0.25, 0.3) is 56.3 Å². The maximum absolute atomic E-state index is 14.0. The first-order chi connectivity index (χ1) is 39.5. The lowest BCUT2D eigenvalue weighted by molar-refractivity contribution is -0.138. The molecule has 0 amide bonds. The van der Waals surface area contributed by atoms with Gasteiger partial charge in [-0.05, 0) is 140 Å². The first kappa shape index (κ1) is 62.0. The fourth-order valence-corrected chi connectivity index (χ4v) is 18.4. The van der Waals surface area contributed by atoms with Crippen molar-refractivity contribution in [3.05, 3.63) is 125 Å². The van der Waals surface area contributed by atoms with E-state index in [0.717, 1.165) is 115 Å². The number of anilines is 2. The summed E-state index contributed by atoms with van der Waals surface area (Å²) in [5, 5.41) is 19.7. The highest BCUT2D eigenvalue weighted by Crippen LogP contribution is 2.53. The summed E-state index contributed by atoms with van der Waals surface area (Å²) in [5.74, 6) is -2.78. The molecular weight excluding hydrogens is 1120 g/mol. The summed E-state index contributed by atoms with van der Waals surface area (Å²) >= 11 is 10.3. The van der Waals surface area contributed by atoms with Crippen molar-refractivity contribution in [1.82, 2.24) is 4.57 Å². The molecule has 0 unspecified atom stereocenters. The van der Waals surface area contributed by atoms with Crippen LogP contribution in [0.5, 0.6) is 0 Å². The fraction of sp³-hybridized carbons (Fsp3) is 0.463. The highest BCUT2D eigenvalue weighted by Gasteiger charge is 2.26. The van der Waals surface area contributed by atoms with Crippen molar-refractivity contribution >= 4 is 104 Å². The van der Waals surface area contributed by atoms with E-state index in [1.54, 1.807) is 11.3 Å². The van der Waals surface area contributed by atoms with Crippen LogP contribution in [0, 0.1) is 6.57 Å². The SMILES string of the molecule is [C-]#[N+]/C(C(=O)O)=c1\s/c(=C\c2sc(-c3sc(-c4sc(-c5sc(-c6ccc7c(c6)Sc6ccccc6N7CCCCCC)cc5CCCCCC)cc4CCCCCC)cc3CCCCCC)cc2CCCCCC)c(=O)n1CC(=O)O. The second-order valence-electron chi connectivity index (χ2n) is 21.6. The average Bonchev–Trinajstić information content (AvgIpc) is 4.36. The van der Waals surface area contributed by atoms with Gasteiger partial charge in [0.05, 0.1) is 22.5 Å². The Morgan fingerprint density at radius 3 is 1.56 bits per heavy atom. The van der Waals surface area contributed by atoms with Crippen molar-refractivity contribution in [2.45, 2.75) is 205 Å². The second-order valence-corrected chi connectivity index (χ2v) is 27.9. The molecule has 2 aromatic carbocycles. The Kier molecular flexibility index (Phi) is 23.8. The zero-order valence-corrected chi connectivity index (χ0v) is 53.1. The Balaban J connectivity index is 1.23. The number of benzene rings is 2. The maximum atomic E-state index is 14.0. The van der Waals surface area contributed by atoms with Crippen LogP contribution >= 0.6 is 68.4 Å². The molecule has 2 N–H and O–H groups in total. The standard InChI is InChI=1S/C67H81N3O5S6/c1-7-12-17-22-29-45-39-56(77-54(45)43-59-65(73)70(44-60(71)72)66(81-59)61(68-6)67(74)75)62-48(31-24-19-14-9-3)41-58(79-62)64-49(32-25-20-15-10-4)42-57(80-64)63-47(30-23-18-13-8-2)40-53(78-63)46-35-36-51-55(38-46)76-52-34-27-26-33-50(52)69(51)37-28-21-16-11-5/h26-27,33-36,38-43H,7-25,28-32,37,44H2,1-5H3,(H,71,72)(H,74,75)/b59-43-,66-61-. The van der Waals surface area contributed by atoms with Crippen molar-refractivity contribution in [2.24, 2.45) is 0 Å². The molecule has 0 saturated heterocycles. The van der Waals surface area contributed by atoms with Gasteiger partial charge in [-0.25, -0.2) is 4.85 Å². The van der Waals surface area contributed by atoms with Gasteiger partial charge in [-0.3, -0.25) is 19.0 Å². The Hall–Kier alpha value is -5.01. The van der Waals surface area contributed by atoms with E-state index in [9.17, 15) is 24.6 Å². The van der Waals surface area contributed by atoms with Gasteiger partial charge in [0.25, 0.3) is 5.56 Å². The van der Waals surface area contributed by atoms with Gasteiger partial charge in [-0.15, -0.1) is 56.7 Å². The van der Waals surface area contributed by atoms with Gasteiger partial charge < -0.3 is 15.1 Å². The predicted octanol–water partition coefficient (Wildman–Crippen LogP) is 19.5. The number of carbonyl (C=O) groups is 2. The molecular formula is C67H81N3O5S6. The number of carboxylic acid groups (broad SMARTS) is 2. The molecule has 0 radical (unpaired) electrons. The molecule has 0 atom stereocenters. The van der Waals surface area contributed by atoms with Crippen molar-refractivity contribution in [2.75, 3.05) is 11.4 Å². The second kappa shape index (κ2) is 31.0. The molecule has 8 nitrogen and oxygen atoms in total.